The number of fused-ring (bicyclic) bond motifs is 1. The fraction of sp³-hybridized carbons (Fsp3) is 0.267. The summed E-state index contributed by atoms with van der Waals surface area (Å²) < 4.78 is 0. The molecular formula is C30H29N5O2. The molecule has 1 N–H and O–H groups in total. The fourth-order valence-electron chi connectivity index (χ4n) is 5.35. The predicted molar refractivity (Wildman–Crippen MR) is 146 cm³/mol. The second kappa shape index (κ2) is 9.90. The molecule has 186 valence electrons. The predicted octanol–water partition coefficient (Wildman–Crippen LogP) is 4.96. The summed E-state index contributed by atoms with van der Waals surface area (Å²) in [5, 5.41) is 9.68. The molecule has 0 bridgehead atoms. The standard InChI is InChI=1S/C30H29N5O2/c1-4-28(36)35-19(2)17-34(18-20(35)3)27-13-12-23(15-32-27)26-16-33-29-24(6-5-7-25(29)30(26)37)22-10-8-21(14-31)9-11-22/h5-13,15-16,19-20H,4,17-18H2,1-3H3,(H,33,37)/t19-,20+. The van der Waals surface area contributed by atoms with Crippen LogP contribution in [-0.4, -0.2) is 45.9 Å². The lowest BCUT2D eigenvalue weighted by Crippen LogP contribution is -2.58. The first-order valence-electron chi connectivity index (χ1n) is 12.6. The van der Waals surface area contributed by atoms with E-state index in [-0.39, 0.29) is 23.4 Å². The second-order valence-corrected chi connectivity index (χ2v) is 9.61. The van der Waals surface area contributed by atoms with Gasteiger partial charge >= 0.3 is 0 Å². The number of nitrogens with one attached hydrogen (secondary N) is 1. The molecule has 1 aliphatic heterocycles. The van der Waals surface area contributed by atoms with Crippen LogP contribution in [0.2, 0.25) is 0 Å². The molecule has 5 rings (SSSR count). The van der Waals surface area contributed by atoms with Crippen LogP contribution in [0, 0.1) is 11.3 Å². The molecular weight excluding hydrogens is 462 g/mol. The SMILES string of the molecule is CCC(=O)N1[C@H](C)CN(c2ccc(-c3c[nH]c4c(-c5ccc(C#N)cc5)cccc4c3=O)cn2)C[C@@H]1C. The molecule has 1 amide bonds. The van der Waals surface area contributed by atoms with Crippen molar-refractivity contribution in [2.75, 3.05) is 18.0 Å². The molecule has 2 aromatic heterocycles. The van der Waals surface area contributed by atoms with Gasteiger partial charge in [-0.15, -0.1) is 0 Å². The Morgan fingerprint density at radius 3 is 2.35 bits per heavy atom. The summed E-state index contributed by atoms with van der Waals surface area (Å²) in [6.07, 6.45) is 4.00. The van der Waals surface area contributed by atoms with Crippen LogP contribution in [0.3, 0.4) is 0 Å². The number of hydrogen-bond donors (Lipinski definition) is 1. The van der Waals surface area contributed by atoms with Crippen molar-refractivity contribution < 1.29 is 4.79 Å². The number of benzene rings is 2. The average Bonchev–Trinajstić information content (AvgIpc) is 2.92. The monoisotopic (exact) mass is 491 g/mol. The van der Waals surface area contributed by atoms with Crippen LogP contribution >= 0.6 is 0 Å². The average molecular weight is 492 g/mol. The van der Waals surface area contributed by atoms with Gasteiger partial charge in [0.15, 0.2) is 5.43 Å². The van der Waals surface area contributed by atoms with Crippen LogP contribution < -0.4 is 10.3 Å². The molecule has 1 fully saturated rings. The van der Waals surface area contributed by atoms with Gasteiger partial charge in [0, 0.05) is 66.1 Å². The number of para-hydroxylation sites is 1. The number of piperazine rings is 1. The van der Waals surface area contributed by atoms with Crippen molar-refractivity contribution >= 4 is 22.6 Å². The first kappa shape index (κ1) is 24.3. The summed E-state index contributed by atoms with van der Waals surface area (Å²) in [4.78, 5) is 38.0. The molecule has 2 atom stereocenters. The maximum atomic E-state index is 13.5. The smallest absolute Gasteiger partial charge is 0.222 e. The summed E-state index contributed by atoms with van der Waals surface area (Å²) in [6, 6.07) is 19.2. The third-order valence-electron chi connectivity index (χ3n) is 7.13. The third-order valence-corrected chi connectivity index (χ3v) is 7.13. The van der Waals surface area contributed by atoms with E-state index in [1.165, 1.54) is 0 Å². The Kier molecular flexibility index (Phi) is 6.49. The van der Waals surface area contributed by atoms with Crippen LogP contribution in [0.5, 0.6) is 0 Å². The number of carbonyl (C=O) groups is 1. The molecule has 0 radical (unpaired) electrons. The zero-order valence-corrected chi connectivity index (χ0v) is 21.2. The first-order valence-corrected chi connectivity index (χ1v) is 12.6. The van der Waals surface area contributed by atoms with Gasteiger partial charge in [0.2, 0.25) is 5.91 Å². The highest BCUT2D eigenvalue weighted by Gasteiger charge is 2.32. The van der Waals surface area contributed by atoms with Crippen LogP contribution in [-0.2, 0) is 4.79 Å². The number of pyridine rings is 2. The molecule has 7 heteroatoms. The molecule has 3 heterocycles. The lowest BCUT2D eigenvalue weighted by atomic mass is 9.99. The van der Waals surface area contributed by atoms with Gasteiger partial charge in [0.25, 0.3) is 0 Å². The second-order valence-electron chi connectivity index (χ2n) is 9.61. The number of carbonyl (C=O) groups excluding carboxylic acids is 1. The van der Waals surface area contributed by atoms with E-state index >= 15 is 0 Å². The van der Waals surface area contributed by atoms with Gasteiger partial charge < -0.3 is 14.8 Å². The van der Waals surface area contributed by atoms with Gasteiger partial charge in [-0.25, -0.2) is 4.98 Å². The first-order chi connectivity index (χ1) is 17.9. The van der Waals surface area contributed by atoms with E-state index in [4.69, 9.17) is 5.26 Å². The maximum Gasteiger partial charge on any atom is 0.222 e. The topological polar surface area (TPSA) is 93.1 Å². The van der Waals surface area contributed by atoms with Gasteiger partial charge in [0.05, 0.1) is 17.1 Å². The number of aromatic nitrogens is 2. The minimum atomic E-state index is -0.0623. The van der Waals surface area contributed by atoms with Crippen molar-refractivity contribution in [1.82, 2.24) is 14.9 Å². The Hall–Kier alpha value is -4.44. The lowest BCUT2D eigenvalue weighted by molar-refractivity contribution is -0.135. The number of rotatable bonds is 4. The third kappa shape index (κ3) is 4.47. The number of amides is 1. The molecule has 2 aromatic carbocycles. The number of anilines is 1. The van der Waals surface area contributed by atoms with E-state index in [0.717, 1.165) is 41.1 Å². The van der Waals surface area contributed by atoms with Crippen LogP contribution in [0.1, 0.15) is 32.8 Å². The Morgan fingerprint density at radius 2 is 1.73 bits per heavy atom. The number of hydrogen-bond acceptors (Lipinski definition) is 5. The molecule has 4 aromatic rings. The van der Waals surface area contributed by atoms with E-state index in [1.807, 2.05) is 54.3 Å². The van der Waals surface area contributed by atoms with Gasteiger partial charge in [-0.3, -0.25) is 9.59 Å². The van der Waals surface area contributed by atoms with Crippen molar-refractivity contribution in [3.63, 3.8) is 0 Å². The van der Waals surface area contributed by atoms with Gasteiger partial charge in [-0.05, 0) is 49.7 Å². The van der Waals surface area contributed by atoms with Crippen LogP contribution in [0.25, 0.3) is 33.2 Å². The van der Waals surface area contributed by atoms with E-state index in [1.54, 1.807) is 24.5 Å². The summed E-state index contributed by atoms with van der Waals surface area (Å²) in [6.45, 7) is 7.49. The zero-order chi connectivity index (χ0) is 26.1. The van der Waals surface area contributed by atoms with Crippen molar-refractivity contribution in [3.05, 3.63) is 82.8 Å². The quantitative estimate of drug-likeness (QED) is 0.435. The number of H-pyrrole nitrogens is 1. The Morgan fingerprint density at radius 1 is 1.03 bits per heavy atom. The largest absolute Gasteiger partial charge is 0.360 e. The van der Waals surface area contributed by atoms with Gasteiger partial charge in [-0.2, -0.15) is 5.26 Å². The van der Waals surface area contributed by atoms with E-state index in [0.29, 0.717) is 22.9 Å². The number of nitriles is 1. The molecule has 7 nitrogen and oxygen atoms in total. The lowest BCUT2D eigenvalue weighted by Gasteiger charge is -2.45. The highest BCUT2D eigenvalue weighted by molar-refractivity contribution is 5.95. The number of nitrogens with zero attached hydrogens (tertiary/aromatic N) is 4. The Bertz CT molecular complexity index is 1540. The molecule has 0 aliphatic carbocycles. The number of aromatic amines is 1. The molecule has 0 saturated carbocycles. The van der Waals surface area contributed by atoms with E-state index in [2.05, 4.69) is 34.8 Å². The highest BCUT2D eigenvalue weighted by atomic mass is 16.2. The Labute approximate surface area is 216 Å². The normalized spacial score (nSPS) is 17.6. The van der Waals surface area contributed by atoms with Crippen molar-refractivity contribution in [3.8, 4) is 28.3 Å². The fourth-order valence-corrected chi connectivity index (χ4v) is 5.35. The minimum absolute atomic E-state index is 0.0623. The van der Waals surface area contributed by atoms with Crippen molar-refractivity contribution in [2.24, 2.45) is 0 Å². The van der Waals surface area contributed by atoms with Gasteiger partial charge in [0.1, 0.15) is 5.82 Å². The van der Waals surface area contributed by atoms with Crippen molar-refractivity contribution in [1.29, 1.82) is 5.26 Å². The van der Waals surface area contributed by atoms with Crippen LogP contribution in [0.4, 0.5) is 5.82 Å². The summed E-state index contributed by atoms with van der Waals surface area (Å²) in [5.74, 6) is 1.02. The van der Waals surface area contributed by atoms with Crippen LogP contribution in [0.15, 0.2) is 71.8 Å². The summed E-state index contributed by atoms with van der Waals surface area (Å²) in [5.41, 5.74) is 4.43. The minimum Gasteiger partial charge on any atom is -0.360 e. The van der Waals surface area contributed by atoms with E-state index < -0.39 is 0 Å². The van der Waals surface area contributed by atoms with Crippen molar-refractivity contribution in [2.45, 2.75) is 39.3 Å². The summed E-state index contributed by atoms with van der Waals surface area (Å²) >= 11 is 0. The maximum absolute atomic E-state index is 13.5. The molecule has 1 saturated heterocycles. The zero-order valence-electron chi connectivity index (χ0n) is 21.2. The van der Waals surface area contributed by atoms with Gasteiger partial charge in [-0.1, -0.05) is 31.2 Å². The molecule has 37 heavy (non-hydrogen) atoms. The highest BCUT2D eigenvalue weighted by Crippen LogP contribution is 2.28. The van der Waals surface area contributed by atoms with E-state index in [9.17, 15) is 9.59 Å². The Balaban J connectivity index is 1.43. The summed E-state index contributed by atoms with van der Waals surface area (Å²) in [7, 11) is 0. The molecule has 1 aliphatic rings. The molecule has 0 spiro atoms. The molecule has 0 unspecified atom stereocenters.